The molecule has 0 saturated carbocycles. The van der Waals surface area contributed by atoms with Crippen LogP contribution < -0.4 is 11.2 Å². The summed E-state index contributed by atoms with van der Waals surface area (Å²) in [6, 6.07) is 4.94. The van der Waals surface area contributed by atoms with Gasteiger partial charge in [0.1, 0.15) is 5.82 Å². The molecule has 1 fully saturated rings. The van der Waals surface area contributed by atoms with Crippen LogP contribution in [0.15, 0.2) is 40.3 Å². The highest BCUT2D eigenvalue weighted by atomic mass is 19.1. The number of unbranched alkanes of at least 4 members (excludes halogenated alkanes) is 1. The molecule has 0 bridgehead atoms. The summed E-state index contributed by atoms with van der Waals surface area (Å²) in [5.74, 6) is 0.267. The summed E-state index contributed by atoms with van der Waals surface area (Å²) in [4.78, 5) is 34.7. The Bertz CT molecular complexity index is 1420. The number of aromatic amines is 1. The predicted molar refractivity (Wildman–Crippen MR) is 126 cm³/mol. The monoisotopic (exact) mass is 452 g/mol. The highest BCUT2D eigenvalue weighted by Crippen LogP contribution is 2.33. The number of hydrogen-bond donors (Lipinski definition) is 1. The van der Waals surface area contributed by atoms with Gasteiger partial charge in [0.15, 0.2) is 11.2 Å². The lowest BCUT2D eigenvalue weighted by molar-refractivity contribution is 0.208. The van der Waals surface area contributed by atoms with Gasteiger partial charge >= 0.3 is 5.69 Å². The number of imidazole rings is 1. The van der Waals surface area contributed by atoms with Crippen molar-refractivity contribution in [1.82, 2.24) is 28.6 Å². The largest absolute Gasteiger partial charge is 0.361 e. The molecular weight excluding hydrogens is 423 g/mol. The van der Waals surface area contributed by atoms with Crippen LogP contribution in [-0.4, -0.2) is 48.2 Å². The number of fused-ring (bicyclic) bond motifs is 2. The Hall–Kier alpha value is -3.20. The average Bonchev–Trinajstić information content (AvgIpc) is 3.44. The van der Waals surface area contributed by atoms with Crippen LogP contribution in [0.25, 0.3) is 22.1 Å². The van der Waals surface area contributed by atoms with E-state index in [4.69, 9.17) is 0 Å². The summed E-state index contributed by atoms with van der Waals surface area (Å²) in [5, 5.41) is 1.00. The van der Waals surface area contributed by atoms with E-state index in [0.717, 1.165) is 60.8 Å². The zero-order valence-electron chi connectivity index (χ0n) is 19.1. The molecule has 0 atom stereocenters. The number of halogens is 1. The molecule has 0 radical (unpaired) electrons. The third-order valence-electron chi connectivity index (χ3n) is 7.04. The Morgan fingerprint density at radius 2 is 1.85 bits per heavy atom. The van der Waals surface area contributed by atoms with Crippen molar-refractivity contribution >= 4 is 22.1 Å². The molecule has 0 aliphatic carbocycles. The topological polar surface area (TPSA) is 80.8 Å². The van der Waals surface area contributed by atoms with E-state index in [1.54, 1.807) is 19.4 Å². The van der Waals surface area contributed by atoms with Crippen molar-refractivity contribution in [1.29, 1.82) is 0 Å². The Balaban J connectivity index is 1.15. The Morgan fingerprint density at radius 3 is 2.64 bits per heavy atom. The van der Waals surface area contributed by atoms with E-state index < -0.39 is 0 Å². The number of nitrogens with zero attached hydrogens (tertiary/aromatic N) is 5. The second kappa shape index (κ2) is 8.62. The standard InChI is InChI=1S/C24H29FN6O2/c1-28-22-21(23(32)29(2)24(28)33)31(15-27-22)10-4-3-9-30-11-7-16(8-12-30)19-14-26-20-6-5-17(25)13-18(19)20/h5-6,13-16,26H,3-4,7-12H2,1-2H3. The van der Waals surface area contributed by atoms with Gasteiger partial charge in [0, 0.05) is 37.7 Å². The number of likely N-dealkylation sites (tertiary alicyclic amines) is 1. The fraction of sp³-hybridized carbons (Fsp3) is 0.458. The molecule has 1 aliphatic rings. The number of benzene rings is 1. The Kier molecular flexibility index (Phi) is 5.65. The van der Waals surface area contributed by atoms with Crippen molar-refractivity contribution in [2.45, 2.75) is 38.1 Å². The number of hydrogen-bond acceptors (Lipinski definition) is 4. The van der Waals surface area contributed by atoms with Gasteiger partial charge in [-0.1, -0.05) is 0 Å². The molecule has 9 heteroatoms. The van der Waals surface area contributed by atoms with E-state index in [2.05, 4.69) is 14.9 Å². The van der Waals surface area contributed by atoms with Crippen molar-refractivity contribution < 1.29 is 4.39 Å². The molecule has 0 amide bonds. The molecule has 1 aromatic carbocycles. The van der Waals surface area contributed by atoms with Crippen LogP contribution in [0.4, 0.5) is 4.39 Å². The van der Waals surface area contributed by atoms with E-state index in [-0.39, 0.29) is 17.1 Å². The van der Waals surface area contributed by atoms with Crippen LogP contribution in [0.3, 0.4) is 0 Å². The van der Waals surface area contributed by atoms with Gasteiger partial charge in [-0.3, -0.25) is 13.9 Å². The molecule has 8 nitrogen and oxygen atoms in total. The summed E-state index contributed by atoms with van der Waals surface area (Å²) in [6.45, 7) is 3.77. The summed E-state index contributed by atoms with van der Waals surface area (Å²) >= 11 is 0. The highest BCUT2D eigenvalue weighted by Gasteiger charge is 2.23. The van der Waals surface area contributed by atoms with Crippen LogP contribution in [0, 0.1) is 5.82 Å². The van der Waals surface area contributed by atoms with E-state index in [1.165, 1.54) is 23.2 Å². The first-order valence-corrected chi connectivity index (χ1v) is 11.5. The minimum absolute atomic E-state index is 0.188. The first-order valence-electron chi connectivity index (χ1n) is 11.5. The molecule has 174 valence electrons. The first kappa shape index (κ1) is 21.6. The lowest BCUT2D eigenvalue weighted by Gasteiger charge is -2.32. The third-order valence-corrected chi connectivity index (χ3v) is 7.04. The number of piperidine rings is 1. The Labute approximate surface area is 190 Å². The second-order valence-corrected chi connectivity index (χ2v) is 9.07. The van der Waals surface area contributed by atoms with Gasteiger partial charge in [0.05, 0.1) is 6.33 Å². The van der Waals surface area contributed by atoms with Gasteiger partial charge in [-0.05, 0) is 75.0 Å². The Morgan fingerprint density at radius 1 is 1.09 bits per heavy atom. The number of rotatable bonds is 6. The number of aromatic nitrogens is 5. The summed E-state index contributed by atoms with van der Waals surface area (Å²) in [5.41, 5.74) is 2.48. The maximum atomic E-state index is 13.7. The van der Waals surface area contributed by atoms with Crippen molar-refractivity contribution in [3.8, 4) is 0 Å². The zero-order valence-corrected chi connectivity index (χ0v) is 19.1. The van der Waals surface area contributed by atoms with Crippen molar-refractivity contribution in [2.24, 2.45) is 14.1 Å². The second-order valence-electron chi connectivity index (χ2n) is 9.07. The third kappa shape index (κ3) is 3.90. The predicted octanol–water partition coefficient (Wildman–Crippen LogP) is 2.71. The molecule has 5 rings (SSSR count). The molecule has 0 spiro atoms. The van der Waals surface area contributed by atoms with Crippen LogP contribution in [0.2, 0.25) is 0 Å². The van der Waals surface area contributed by atoms with Crippen LogP contribution >= 0.6 is 0 Å². The number of nitrogens with one attached hydrogen (secondary N) is 1. The van der Waals surface area contributed by atoms with E-state index >= 15 is 0 Å². The molecule has 33 heavy (non-hydrogen) atoms. The van der Waals surface area contributed by atoms with Gasteiger partial charge < -0.3 is 14.5 Å². The molecule has 3 aromatic heterocycles. The molecule has 1 saturated heterocycles. The molecule has 4 aromatic rings. The van der Waals surface area contributed by atoms with Gasteiger partial charge in [-0.2, -0.15) is 0 Å². The van der Waals surface area contributed by atoms with E-state index in [1.807, 2.05) is 16.8 Å². The lowest BCUT2D eigenvalue weighted by atomic mass is 9.89. The lowest BCUT2D eigenvalue weighted by Crippen LogP contribution is -2.37. The maximum Gasteiger partial charge on any atom is 0.332 e. The maximum absolute atomic E-state index is 13.7. The minimum Gasteiger partial charge on any atom is -0.361 e. The average molecular weight is 453 g/mol. The van der Waals surface area contributed by atoms with Crippen LogP contribution in [0.5, 0.6) is 0 Å². The molecule has 0 unspecified atom stereocenters. The van der Waals surface area contributed by atoms with Gasteiger partial charge in [-0.15, -0.1) is 0 Å². The van der Waals surface area contributed by atoms with E-state index in [9.17, 15) is 14.0 Å². The normalized spacial score (nSPS) is 15.7. The van der Waals surface area contributed by atoms with Crippen molar-refractivity contribution in [2.75, 3.05) is 19.6 Å². The summed E-state index contributed by atoms with van der Waals surface area (Å²) in [6.07, 6.45) is 7.79. The first-order chi connectivity index (χ1) is 15.9. The molecule has 1 N–H and O–H groups in total. The van der Waals surface area contributed by atoms with Gasteiger partial charge in [-0.25, -0.2) is 14.2 Å². The highest BCUT2D eigenvalue weighted by molar-refractivity contribution is 5.83. The fourth-order valence-corrected chi connectivity index (χ4v) is 5.10. The molecular formula is C24H29FN6O2. The van der Waals surface area contributed by atoms with Crippen molar-refractivity contribution in [3.63, 3.8) is 0 Å². The van der Waals surface area contributed by atoms with Gasteiger partial charge in [0.25, 0.3) is 5.56 Å². The zero-order chi connectivity index (χ0) is 23.1. The van der Waals surface area contributed by atoms with Crippen LogP contribution in [0.1, 0.15) is 37.2 Å². The van der Waals surface area contributed by atoms with Gasteiger partial charge in [0.2, 0.25) is 0 Å². The summed E-state index contributed by atoms with van der Waals surface area (Å²) < 4.78 is 18.1. The number of H-pyrrole nitrogens is 1. The van der Waals surface area contributed by atoms with Crippen LogP contribution in [-0.2, 0) is 20.6 Å². The smallest absolute Gasteiger partial charge is 0.332 e. The molecule has 1 aliphatic heterocycles. The number of aryl methyl sites for hydroxylation is 2. The fourth-order valence-electron chi connectivity index (χ4n) is 5.10. The summed E-state index contributed by atoms with van der Waals surface area (Å²) in [7, 11) is 3.13. The SMILES string of the molecule is Cn1c(=O)c2c(ncn2CCCCN2CCC(c3c[nH]c4ccc(F)cc34)CC2)n(C)c1=O. The quantitative estimate of drug-likeness (QED) is 0.456. The molecule has 4 heterocycles. The van der Waals surface area contributed by atoms with E-state index in [0.29, 0.717) is 23.6 Å². The minimum atomic E-state index is -0.362. The van der Waals surface area contributed by atoms with Crippen molar-refractivity contribution in [3.05, 3.63) is 62.9 Å².